The highest BCUT2D eigenvalue weighted by Gasteiger charge is 2.09. The van der Waals surface area contributed by atoms with Gasteiger partial charge in [0.25, 0.3) is 0 Å². The molecule has 0 saturated carbocycles. The van der Waals surface area contributed by atoms with E-state index in [2.05, 4.69) is 23.8 Å². The van der Waals surface area contributed by atoms with E-state index in [1.165, 1.54) is 12.5 Å². The van der Waals surface area contributed by atoms with Crippen molar-refractivity contribution in [3.8, 4) is 0 Å². The summed E-state index contributed by atoms with van der Waals surface area (Å²) in [5.41, 5.74) is 1.89. The van der Waals surface area contributed by atoms with Crippen molar-refractivity contribution in [3.05, 3.63) is 49.4 Å². The van der Waals surface area contributed by atoms with Gasteiger partial charge in [-0.25, -0.2) is 9.59 Å². The van der Waals surface area contributed by atoms with E-state index in [4.69, 9.17) is 18.9 Å². The van der Waals surface area contributed by atoms with Crippen LogP contribution in [0, 0.1) is 6.92 Å². The van der Waals surface area contributed by atoms with Crippen molar-refractivity contribution in [2.75, 3.05) is 37.1 Å². The minimum atomic E-state index is -0.561. The number of anilines is 2. The third kappa shape index (κ3) is 11.3. The predicted molar refractivity (Wildman–Crippen MR) is 112 cm³/mol. The molecule has 0 fully saturated rings. The van der Waals surface area contributed by atoms with Gasteiger partial charge < -0.3 is 18.9 Å². The second kappa shape index (κ2) is 14.8. The third-order valence-electron chi connectivity index (χ3n) is 3.74. The first kappa shape index (κ1) is 23.9. The normalized spacial score (nSPS) is 9.83. The van der Waals surface area contributed by atoms with E-state index in [0.717, 1.165) is 18.4 Å². The van der Waals surface area contributed by atoms with Crippen LogP contribution in [-0.4, -0.2) is 38.6 Å². The topological polar surface area (TPSA) is 95.1 Å². The molecule has 0 saturated heterocycles. The summed E-state index contributed by atoms with van der Waals surface area (Å²) >= 11 is 0. The number of carbonyl (C=O) groups excluding carboxylic acids is 2. The lowest BCUT2D eigenvalue weighted by Crippen LogP contribution is -2.17. The van der Waals surface area contributed by atoms with Crippen molar-refractivity contribution < 1.29 is 28.5 Å². The minimum Gasteiger partial charge on any atom is -0.502 e. The van der Waals surface area contributed by atoms with Crippen LogP contribution in [0.4, 0.5) is 21.0 Å². The Morgan fingerprint density at radius 1 is 0.862 bits per heavy atom. The first-order chi connectivity index (χ1) is 14.1. The molecular weight excluding hydrogens is 376 g/mol. The Hall–Kier alpha value is -3.16. The SMILES string of the molecule is C=COCCCCOC(=O)Nc1ccc(C)c(NC(=O)OCCCCOC=C)c1. The average Bonchev–Trinajstić information content (AvgIpc) is 2.70. The second-order valence-electron chi connectivity index (χ2n) is 6.04. The summed E-state index contributed by atoms with van der Waals surface area (Å²) in [4.78, 5) is 23.8. The first-order valence-corrected chi connectivity index (χ1v) is 9.50. The van der Waals surface area contributed by atoms with E-state index in [9.17, 15) is 9.59 Å². The molecular formula is C21H30N2O6. The number of nitrogens with one attached hydrogen (secondary N) is 2. The van der Waals surface area contributed by atoms with Gasteiger partial charge in [0.1, 0.15) is 0 Å². The van der Waals surface area contributed by atoms with E-state index in [1.807, 2.05) is 6.92 Å². The Balaban J connectivity index is 2.37. The Morgan fingerprint density at radius 2 is 1.38 bits per heavy atom. The predicted octanol–water partition coefficient (Wildman–Crippen LogP) is 4.97. The van der Waals surface area contributed by atoms with Crippen LogP contribution < -0.4 is 10.6 Å². The van der Waals surface area contributed by atoms with Crippen molar-refractivity contribution in [1.29, 1.82) is 0 Å². The maximum Gasteiger partial charge on any atom is 0.411 e. The molecule has 0 unspecified atom stereocenters. The summed E-state index contributed by atoms with van der Waals surface area (Å²) < 4.78 is 20.2. The molecule has 160 valence electrons. The van der Waals surface area contributed by atoms with Gasteiger partial charge in [0.05, 0.1) is 39.0 Å². The monoisotopic (exact) mass is 406 g/mol. The van der Waals surface area contributed by atoms with Crippen LogP contribution in [0.5, 0.6) is 0 Å². The molecule has 0 aromatic heterocycles. The molecule has 2 N–H and O–H groups in total. The molecule has 8 nitrogen and oxygen atoms in total. The van der Waals surface area contributed by atoms with Crippen LogP contribution in [0.25, 0.3) is 0 Å². The molecule has 0 aliphatic carbocycles. The van der Waals surface area contributed by atoms with E-state index >= 15 is 0 Å². The molecule has 0 spiro atoms. The number of benzene rings is 1. The first-order valence-electron chi connectivity index (χ1n) is 9.50. The summed E-state index contributed by atoms with van der Waals surface area (Å²) in [6.45, 7) is 10.4. The molecule has 0 heterocycles. The van der Waals surface area contributed by atoms with Gasteiger partial charge in [-0.3, -0.25) is 10.6 Å². The van der Waals surface area contributed by atoms with Crippen molar-refractivity contribution in [2.24, 2.45) is 0 Å². The van der Waals surface area contributed by atoms with Gasteiger partial charge in [-0.2, -0.15) is 0 Å². The number of amides is 2. The van der Waals surface area contributed by atoms with E-state index in [1.54, 1.807) is 18.2 Å². The highest BCUT2D eigenvalue weighted by atomic mass is 16.6. The lowest BCUT2D eigenvalue weighted by atomic mass is 10.2. The smallest absolute Gasteiger partial charge is 0.411 e. The molecule has 29 heavy (non-hydrogen) atoms. The second-order valence-corrected chi connectivity index (χ2v) is 6.04. The van der Waals surface area contributed by atoms with Gasteiger partial charge in [0, 0.05) is 11.4 Å². The lowest BCUT2D eigenvalue weighted by molar-refractivity contribution is 0.153. The van der Waals surface area contributed by atoms with Gasteiger partial charge in [0.15, 0.2) is 0 Å². The van der Waals surface area contributed by atoms with Crippen molar-refractivity contribution in [3.63, 3.8) is 0 Å². The Bertz CT molecular complexity index is 663. The molecule has 8 heteroatoms. The van der Waals surface area contributed by atoms with E-state index in [-0.39, 0.29) is 13.2 Å². The highest BCUT2D eigenvalue weighted by Crippen LogP contribution is 2.20. The van der Waals surface area contributed by atoms with Crippen molar-refractivity contribution in [1.82, 2.24) is 0 Å². The van der Waals surface area contributed by atoms with Gasteiger partial charge >= 0.3 is 12.2 Å². The van der Waals surface area contributed by atoms with Crippen LogP contribution in [0.3, 0.4) is 0 Å². The molecule has 0 atom stereocenters. The van der Waals surface area contributed by atoms with Gasteiger partial charge in [-0.1, -0.05) is 19.2 Å². The van der Waals surface area contributed by atoms with Crippen LogP contribution >= 0.6 is 0 Å². The molecule has 1 rings (SSSR count). The fraction of sp³-hybridized carbons (Fsp3) is 0.429. The number of carbonyl (C=O) groups is 2. The highest BCUT2D eigenvalue weighted by molar-refractivity contribution is 5.89. The van der Waals surface area contributed by atoms with E-state index in [0.29, 0.717) is 37.4 Å². The number of hydrogen-bond acceptors (Lipinski definition) is 6. The van der Waals surface area contributed by atoms with Gasteiger partial charge in [0.2, 0.25) is 0 Å². The third-order valence-corrected chi connectivity index (χ3v) is 3.74. The number of rotatable bonds is 14. The number of aryl methyl sites for hydroxylation is 1. The minimum absolute atomic E-state index is 0.285. The maximum atomic E-state index is 11.9. The molecule has 1 aromatic rings. The summed E-state index contributed by atoms with van der Waals surface area (Å²) in [5, 5.41) is 5.31. The fourth-order valence-corrected chi connectivity index (χ4v) is 2.21. The number of ether oxygens (including phenoxy) is 4. The van der Waals surface area contributed by atoms with Crippen LogP contribution in [-0.2, 0) is 18.9 Å². The van der Waals surface area contributed by atoms with Gasteiger partial charge in [-0.05, 0) is 50.3 Å². The van der Waals surface area contributed by atoms with Crippen molar-refractivity contribution >= 4 is 23.6 Å². The lowest BCUT2D eigenvalue weighted by Gasteiger charge is -2.12. The average molecular weight is 406 g/mol. The maximum absolute atomic E-state index is 11.9. The fourth-order valence-electron chi connectivity index (χ4n) is 2.21. The molecule has 1 aromatic carbocycles. The molecule has 0 aliphatic rings. The zero-order valence-electron chi connectivity index (χ0n) is 16.9. The zero-order chi connectivity index (χ0) is 21.3. The molecule has 0 aliphatic heterocycles. The molecule has 0 bridgehead atoms. The summed E-state index contributed by atoms with van der Waals surface area (Å²) in [5.74, 6) is 0. The number of unbranched alkanes of at least 4 members (excludes halogenated alkanes) is 2. The van der Waals surface area contributed by atoms with E-state index < -0.39 is 12.2 Å². The van der Waals surface area contributed by atoms with Gasteiger partial charge in [-0.15, -0.1) is 0 Å². The zero-order valence-corrected chi connectivity index (χ0v) is 16.9. The number of hydrogen-bond donors (Lipinski definition) is 2. The summed E-state index contributed by atoms with van der Waals surface area (Å²) in [7, 11) is 0. The Morgan fingerprint density at radius 3 is 1.93 bits per heavy atom. The standard InChI is InChI=1S/C21H30N2O6/c1-4-26-12-6-8-14-28-20(24)22-18-11-10-17(3)19(16-18)23-21(25)29-15-9-7-13-27-5-2/h4-5,10-11,16H,1-2,6-9,12-15H2,3H3,(H,22,24)(H,23,25). The van der Waals surface area contributed by atoms with Crippen molar-refractivity contribution in [2.45, 2.75) is 32.6 Å². The Kier molecular flexibility index (Phi) is 12.2. The summed E-state index contributed by atoms with van der Waals surface area (Å²) in [6.07, 6.45) is 4.55. The molecule has 0 radical (unpaired) electrons. The largest absolute Gasteiger partial charge is 0.502 e. The van der Waals surface area contributed by atoms with Crippen LogP contribution in [0.15, 0.2) is 43.9 Å². The summed E-state index contributed by atoms with van der Waals surface area (Å²) in [6, 6.07) is 5.16. The molecule has 2 amide bonds. The van der Waals surface area contributed by atoms with Crippen LogP contribution in [0.2, 0.25) is 0 Å². The van der Waals surface area contributed by atoms with Crippen LogP contribution in [0.1, 0.15) is 31.2 Å². The Labute approximate surface area is 171 Å². The quantitative estimate of drug-likeness (QED) is 0.334.